The van der Waals surface area contributed by atoms with Gasteiger partial charge in [0, 0.05) is 68.2 Å². The maximum absolute atomic E-state index is 15.7. The number of thiazole rings is 1. The van der Waals surface area contributed by atoms with Crippen LogP contribution in [0.5, 0.6) is 0 Å². The molecule has 0 bridgehead atoms. The second-order valence-electron chi connectivity index (χ2n) is 13.0. The predicted molar refractivity (Wildman–Crippen MR) is 180 cm³/mol. The van der Waals surface area contributed by atoms with E-state index in [0.717, 1.165) is 36.3 Å². The van der Waals surface area contributed by atoms with Crippen molar-refractivity contribution in [1.29, 1.82) is 0 Å². The number of carbonyl (C=O) groups excluding carboxylic acids is 3. The van der Waals surface area contributed by atoms with Gasteiger partial charge in [0.05, 0.1) is 18.6 Å². The first-order valence-corrected chi connectivity index (χ1v) is 16.6. The molecule has 5 heterocycles. The SMILES string of the molecule is CC(C)(C)OC(=O)N1CCN(c2ccc(-c3cc(F)c4c(c3)C(=O)N(C(C(=O)Nc3nccs3)c3ncn5c3CCC5)C4)cc2)CC1.F.[HH]. The van der Waals surface area contributed by atoms with Crippen LogP contribution in [0, 0.1) is 5.82 Å². The summed E-state index contributed by atoms with van der Waals surface area (Å²) in [7, 11) is 0. The van der Waals surface area contributed by atoms with Crippen LogP contribution in [-0.2, 0) is 29.0 Å². The van der Waals surface area contributed by atoms with Crippen molar-refractivity contribution in [3.8, 4) is 11.1 Å². The summed E-state index contributed by atoms with van der Waals surface area (Å²) in [5.41, 5.74) is 3.72. The molecule has 1 unspecified atom stereocenters. The molecule has 2 aromatic heterocycles. The smallest absolute Gasteiger partial charge is 0.410 e. The number of hydrogen-bond acceptors (Lipinski definition) is 8. The maximum atomic E-state index is 15.7. The standard InChI is InChI=1S/C34H36FN7O4S.FH.H2/c1-34(2,3)46-33(45)40-14-12-39(13-15-40)23-8-6-21(7-9-23)22-17-24-25(26(35)18-22)19-42(31(24)44)29(30(43)38-32-36-10-16-47-32)28-27-5-4-11-41(27)20-37-28;;/h6-10,16-18,20,29H,4-5,11-15,19H2,1-3H3,(H,36,38,43);2*1H. The number of imidazole rings is 1. The molecule has 48 heavy (non-hydrogen) atoms. The Bertz CT molecular complexity index is 1840. The van der Waals surface area contributed by atoms with E-state index in [0.29, 0.717) is 42.6 Å². The van der Waals surface area contributed by atoms with Gasteiger partial charge < -0.3 is 24.0 Å². The fourth-order valence-corrected chi connectivity index (χ4v) is 7.04. The number of aryl methyl sites for hydroxylation is 1. The zero-order valence-electron chi connectivity index (χ0n) is 26.9. The van der Waals surface area contributed by atoms with Gasteiger partial charge in [-0.3, -0.25) is 19.6 Å². The van der Waals surface area contributed by atoms with E-state index < -0.39 is 29.3 Å². The number of aromatic nitrogens is 3. The van der Waals surface area contributed by atoms with Crippen molar-refractivity contribution in [2.45, 2.75) is 58.3 Å². The number of rotatable bonds is 6. The summed E-state index contributed by atoms with van der Waals surface area (Å²) in [5.74, 6) is -1.35. The number of hydrogen-bond donors (Lipinski definition) is 1. The Morgan fingerprint density at radius 2 is 1.79 bits per heavy atom. The molecule has 1 N–H and O–H groups in total. The van der Waals surface area contributed by atoms with Crippen LogP contribution in [-0.4, -0.2) is 74.0 Å². The molecule has 4 aromatic rings. The molecular formula is C34H39F2N7O4S. The van der Waals surface area contributed by atoms with E-state index in [4.69, 9.17) is 4.74 Å². The fraction of sp³-hybridized carbons (Fsp3) is 0.382. The first-order valence-electron chi connectivity index (χ1n) is 15.8. The van der Waals surface area contributed by atoms with Crippen LogP contribution in [0.2, 0.25) is 0 Å². The molecule has 1 saturated heterocycles. The number of halogens is 2. The average Bonchev–Trinajstić information content (AvgIpc) is 3.85. The summed E-state index contributed by atoms with van der Waals surface area (Å²) in [6.45, 7) is 8.75. The molecule has 7 rings (SSSR count). The number of nitrogens with one attached hydrogen (secondary N) is 1. The summed E-state index contributed by atoms with van der Waals surface area (Å²) in [5, 5.41) is 5.00. The third kappa shape index (κ3) is 6.36. The van der Waals surface area contributed by atoms with Crippen LogP contribution in [0.1, 0.15) is 62.0 Å². The molecule has 0 aliphatic carbocycles. The van der Waals surface area contributed by atoms with E-state index in [2.05, 4.69) is 20.2 Å². The molecule has 3 amide bonds. The Balaban J connectivity index is 0.00000234. The average molecular weight is 680 g/mol. The van der Waals surface area contributed by atoms with Gasteiger partial charge in [-0.1, -0.05) is 12.1 Å². The van der Waals surface area contributed by atoms with Crippen LogP contribution in [0.4, 0.5) is 24.7 Å². The molecule has 1 atom stereocenters. The zero-order valence-corrected chi connectivity index (χ0v) is 27.8. The Morgan fingerprint density at radius 1 is 1.04 bits per heavy atom. The lowest BCUT2D eigenvalue weighted by Gasteiger charge is -2.36. The zero-order chi connectivity index (χ0) is 32.9. The van der Waals surface area contributed by atoms with E-state index in [1.165, 1.54) is 22.3 Å². The molecule has 3 aliphatic heterocycles. The number of amides is 3. The van der Waals surface area contributed by atoms with Crippen molar-refractivity contribution in [2.75, 3.05) is 36.4 Å². The van der Waals surface area contributed by atoms with Crippen molar-refractivity contribution < 1.29 is 29.6 Å². The fourth-order valence-electron chi connectivity index (χ4n) is 6.50. The molecule has 0 radical (unpaired) electrons. The molecule has 3 aliphatic rings. The lowest BCUT2D eigenvalue weighted by atomic mass is 9.99. The highest BCUT2D eigenvalue weighted by Gasteiger charge is 2.42. The Kier molecular flexibility index (Phi) is 8.94. The largest absolute Gasteiger partial charge is 0.444 e. The van der Waals surface area contributed by atoms with Gasteiger partial charge in [-0.2, -0.15) is 0 Å². The van der Waals surface area contributed by atoms with E-state index in [1.54, 1.807) is 28.9 Å². The molecule has 11 nitrogen and oxygen atoms in total. The number of ether oxygens (including phenoxy) is 1. The van der Waals surface area contributed by atoms with E-state index >= 15 is 4.39 Å². The third-order valence-electron chi connectivity index (χ3n) is 8.78. The van der Waals surface area contributed by atoms with Gasteiger partial charge in [0.15, 0.2) is 11.2 Å². The van der Waals surface area contributed by atoms with Crippen molar-refractivity contribution >= 4 is 40.1 Å². The summed E-state index contributed by atoms with van der Waals surface area (Å²) < 4.78 is 23.2. The summed E-state index contributed by atoms with van der Waals surface area (Å²) in [6, 6.07) is 9.88. The Hall–Kier alpha value is -4.85. The number of piperazine rings is 1. The third-order valence-corrected chi connectivity index (χ3v) is 9.47. The number of benzene rings is 2. The molecule has 0 spiro atoms. The molecule has 14 heteroatoms. The highest BCUT2D eigenvalue weighted by molar-refractivity contribution is 7.13. The number of nitrogens with zero attached hydrogens (tertiary/aromatic N) is 6. The van der Waals surface area contributed by atoms with Gasteiger partial charge in [0.2, 0.25) is 0 Å². The highest BCUT2D eigenvalue weighted by Crippen LogP contribution is 2.38. The highest BCUT2D eigenvalue weighted by atomic mass is 32.1. The molecule has 2 aromatic carbocycles. The van der Waals surface area contributed by atoms with Crippen molar-refractivity contribution in [3.05, 3.63) is 82.6 Å². The number of anilines is 2. The van der Waals surface area contributed by atoms with Gasteiger partial charge in [-0.25, -0.2) is 19.2 Å². The topological polar surface area (TPSA) is 113 Å². The van der Waals surface area contributed by atoms with Crippen LogP contribution in [0.15, 0.2) is 54.3 Å². The van der Waals surface area contributed by atoms with Gasteiger partial charge in [-0.05, 0) is 69.0 Å². The van der Waals surface area contributed by atoms with Gasteiger partial charge >= 0.3 is 6.09 Å². The molecule has 1 fully saturated rings. The normalized spacial score (nSPS) is 16.3. The van der Waals surface area contributed by atoms with Gasteiger partial charge in [0.1, 0.15) is 11.4 Å². The van der Waals surface area contributed by atoms with Gasteiger partial charge in [-0.15, -0.1) is 11.3 Å². The monoisotopic (exact) mass is 679 g/mol. The minimum absolute atomic E-state index is 0. The van der Waals surface area contributed by atoms with Crippen molar-refractivity contribution in [1.82, 2.24) is 24.3 Å². The number of carbonyl (C=O) groups is 3. The summed E-state index contributed by atoms with van der Waals surface area (Å²) in [6.07, 6.45) is 4.67. The molecule has 0 saturated carbocycles. The van der Waals surface area contributed by atoms with Crippen LogP contribution in [0.25, 0.3) is 11.1 Å². The lowest BCUT2D eigenvalue weighted by molar-refractivity contribution is -0.121. The van der Waals surface area contributed by atoms with Crippen molar-refractivity contribution in [3.63, 3.8) is 0 Å². The summed E-state index contributed by atoms with van der Waals surface area (Å²) in [4.78, 5) is 54.2. The first-order chi connectivity index (χ1) is 22.6. The predicted octanol–water partition coefficient (Wildman–Crippen LogP) is 5.88. The second-order valence-corrected chi connectivity index (χ2v) is 13.9. The van der Waals surface area contributed by atoms with Crippen LogP contribution in [0.3, 0.4) is 0 Å². The van der Waals surface area contributed by atoms with E-state index in [-0.39, 0.29) is 29.9 Å². The Labute approximate surface area is 282 Å². The van der Waals surface area contributed by atoms with E-state index in [9.17, 15) is 14.4 Å². The minimum atomic E-state index is -1.04. The maximum Gasteiger partial charge on any atom is 0.410 e. The van der Waals surface area contributed by atoms with Gasteiger partial charge in [0.25, 0.3) is 11.8 Å². The van der Waals surface area contributed by atoms with Crippen molar-refractivity contribution in [2.24, 2.45) is 0 Å². The minimum Gasteiger partial charge on any atom is -0.444 e. The molecule has 254 valence electrons. The summed E-state index contributed by atoms with van der Waals surface area (Å²) >= 11 is 1.28. The van der Waals surface area contributed by atoms with E-state index in [1.807, 2.05) is 49.6 Å². The quantitative estimate of drug-likeness (QED) is 0.271. The Morgan fingerprint density at radius 3 is 2.48 bits per heavy atom. The first kappa shape index (κ1) is 33.1. The lowest BCUT2D eigenvalue weighted by Crippen LogP contribution is -2.50. The van der Waals surface area contributed by atoms with Crippen LogP contribution >= 0.6 is 11.3 Å². The molecular weight excluding hydrogens is 640 g/mol. The number of fused-ring (bicyclic) bond motifs is 2. The second kappa shape index (κ2) is 13.0. The van der Waals surface area contributed by atoms with Crippen LogP contribution < -0.4 is 10.2 Å².